The molecule has 0 bridgehead atoms. The van der Waals surface area contributed by atoms with Crippen molar-refractivity contribution in [3.05, 3.63) is 46.6 Å². The van der Waals surface area contributed by atoms with Gasteiger partial charge in [0.15, 0.2) is 5.03 Å². The van der Waals surface area contributed by atoms with Gasteiger partial charge in [0.1, 0.15) is 0 Å². The van der Waals surface area contributed by atoms with Crippen LogP contribution in [0.4, 0.5) is 0 Å². The van der Waals surface area contributed by atoms with E-state index in [9.17, 15) is 18.3 Å². The summed E-state index contributed by atoms with van der Waals surface area (Å²) >= 11 is 0. The number of carboxylic acid groups (broad SMARTS) is 1. The second-order valence-electron chi connectivity index (χ2n) is 5.27. The number of benzene rings is 1. The number of carboxylic acids is 1. The summed E-state index contributed by atoms with van der Waals surface area (Å²) in [7, 11) is -2.14. The van der Waals surface area contributed by atoms with E-state index in [0.29, 0.717) is 11.3 Å². The van der Waals surface area contributed by atoms with Gasteiger partial charge >= 0.3 is 5.97 Å². The Hall–Kier alpha value is -2.19. The first-order chi connectivity index (χ1) is 10.3. The molecule has 1 N–H and O–H groups in total. The third kappa shape index (κ3) is 2.20. The minimum absolute atomic E-state index is 0.0599. The van der Waals surface area contributed by atoms with Crippen molar-refractivity contribution in [2.45, 2.75) is 25.0 Å². The molecule has 1 aromatic carbocycles. The van der Waals surface area contributed by atoms with Crippen LogP contribution in [0.15, 0.2) is 29.3 Å². The van der Waals surface area contributed by atoms with Gasteiger partial charge in [-0.3, -0.25) is 4.68 Å². The van der Waals surface area contributed by atoms with Crippen molar-refractivity contribution in [3.63, 3.8) is 0 Å². The molecule has 3 rings (SSSR count). The molecule has 116 valence electrons. The standard InChI is InChI=1S/C14H15N3O4S/c1-9-6-13(16(2)15-9)22(20,21)17-7-10-4-3-5-11(14(18)19)12(10)8-17/h3-6H,7-8H2,1-2H3,(H,18,19). The van der Waals surface area contributed by atoms with E-state index >= 15 is 0 Å². The summed E-state index contributed by atoms with van der Waals surface area (Å²) in [6, 6.07) is 6.39. The number of rotatable bonds is 3. The van der Waals surface area contributed by atoms with Crippen LogP contribution >= 0.6 is 0 Å². The van der Waals surface area contributed by atoms with Gasteiger partial charge in [0.2, 0.25) is 0 Å². The summed E-state index contributed by atoms with van der Waals surface area (Å²) in [5.74, 6) is -1.05. The summed E-state index contributed by atoms with van der Waals surface area (Å²) in [5, 5.41) is 13.4. The van der Waals surface area contributed by atoms with Gasteiger partial charge in [0.05, 0.1) is 11.3 Å². The lowest BCUT2D eigenvalue weighted by atomic mass is 10.0. The molecule has 1 aliphatic rings. The van der Waals surface area contributed by atoms with E-state index in [-0.39, 0.29) is 23.7 Å². The van der Waals surface area contributed by atoms with Gasteiger partial charge in [0, 0.05) is 20.1 Å². The largest absolute Gasteiger partial charge is 0.478 e. The number of fused-ring (bicyclic) bond motifs is 1. The van der Waals surface area contributed by atoms with Crippen LogP contribution in [0.1, 0.15) is 27.2 Å². The maximum absolute atomic E-state index is 12.7. The van der Waals surface area contributed by atoms with E-state index < -0.39 is 16.0 Å². The average Bonchev–Trinajstić information content (AvgIpc) is 3.01. The molecule has 0 fully saturated rings. The fraction of sp³-hybridized carbons (Fsp3) is 0.286. The maximum Gasteiger partial charge on any atom is 0.336 e. The van der Waals surface area contributed by atoms with Gasteiger partial charge in [-0.25, -0.2) is 13.2 Å². The average molecular weight is 321 g/mol. The van der Waals surface area contributed by atoms with Gasteiger partial charge in [-0.1, -0.05) is 12.1 Å². The zero-order valence-electron chi connectivity index (χ0n) is 12.1. The van der Waals surface area contributed by atoms with Crippen molar-refractivity contribution < 1.29 is 18.3 Å². The molecular formula is C14H15N3O4S. The van der Waals surface area contributed by atoms with Crippen LogP contribution in [0.25, 0.3) is 0 Å². The maximum atomic E-state index is 12.7. The Morgan fingerprint density at radius 1 is 1.32 bits per heavy atom. The first-order valence-electron chi connectivity index (χ1n) is 6.65. The van der Waals surface area contributed by atoms with E-state index in [2.05, 4.69) is 5.10 Å². The van der Waals surface area contributed by atoms with E-state index in [4.69, 9.17) is 0 Å². The highest BCUT2D eigenvalue weighted by molar-refractivity contribution is 7.89. The quantitative estimate of drug-likeness (QED) is 0.915. The number of aromatic carboxylic acids is 1. The molecule has 0 radical (unpaired) electrons. The van der Waals surface area contributed by atoms with Crippen LogP contribution in [0.2, 0.25) is 0 Å². The highest BCUT2D eigenvalue weighted by Crippen LogP contribution is 2.30. The molecule has 2 aromatic rings. The number of carbonyl (C=O) groups is 1. The van der Waals surface area contributed by atoms with Crippen molar-refractivity contribution in [2.24, 2.45) is 7.05 Å². The monoisotopic (exact) mass is 321 g/mol. The first-order valence-corrected chi connectivity index (χ1v) is 8.09. The molecule has 1 aromatic heterocycles. The van der Waals surface area contributed by atoms with Crippen LogP contribution in [-0.4, -0.2) is 33.6 Å². The topological polar surface area (TPSA) is 92.5 Å². The zero-order valence-corrected chi connectivity index (χ0v) is 13.0. The summed E-state index contributed by atoms with van der Waals surface area (Å²) in [5.41, 5.74) is 2.04. The van der Waals surface area contributed by atoms with Gasteiger partial charge in [-0.2, -0.15) is 9.40 Å². The molecular weight excluding hydrogens is 306 g/mol. The Labute approximate surface area is 127 Å². The van der Waals surface area contributed by atoms with Crippen LogP contribution in [0.3, 0.4) is 0 Å². The van der Waals surface area contributed by atoms with Gasteiger partial charge in [-0.15, -0.1) is 0 Å². The highest BCUT2D eigenvalue weighted by atomic mass is 32.2. The molecule has 0 aliphatic carbocycles. The molecule has 7 nitrogen and oxygen atoms in total. The predicted octanol–water partition coefficient (Wildman–Crippen LogP) is 1.13. The number of sulfonamides is 1. The molecule has 0 saturated carbocycles. The van der Waals surface area contributed by atoms with Crippen molar-refractivity contribution >= 4 is 16.0 Å². The van der Waals surface area contributed by atoms with E-state index in [1.807, 2.05) is 0 Å². The van der Waals surface area contributed by atoms with Gasteiger partial charge in [-0.05, 0) is 30.2 Å². The Kier molecular flexibility index (Phi) is 3.30. The lowest BCUT2D eigenvalue weighted by Crippen LogP contribution is -2.27. The number of hydrogen-bond donors (Lipinski definition) is 1. The van der Waals surface area contributed by atoms with Crippen molar-refractivity contribution in [2.75, 3.05) is 0 Å². The molecule has 8 heteroatoms. The smallest absolute Gasteiger partial charge is 0.336 e. The molecule has 1 aliphatic heterocycles. The second kappa shape index (κ2) is 4.92. The molecule has 0 spiro atoms. The first kappa shape index (κ1) is 14.7. The normalized spacial score (nSPS) is 15.0. The van der Waals surface area contributed by atoms with Crippen molar-refractivity contribution in [1.82, 2.24) is 14.1 Å². The summed E-state index contributed by atoms with van der Waals surface area (Å²) in [4.78, 5) is 11.3. The van der Waals surface area contributed by atoms with E-state index in [1.165, 1.54) is 21.1 Å². The van der Waals surface area contributed by atoms with Crippen LogP contribution < -0.4 is 0 Å². The molecule has 22 heavy (non-hydrogen) atoms. The SMILES string of the molecule is Cc1cc(S(=O)(=O)N2Cc3cccc(C(=O)O)c3C2)n(C)n1. The Morgan fingerprint density at radius 3 is 2.64 bits per heavy atom. The van der Waals surface area contributed by atoms with E-state index in [1.54, 1.807) is 26.1 Å². The molecule has 0 amide bonds. The number of hydrogen-bond acceptors (Lipinski definition) is 4. The fourth-order valence-corrected chi connectivity index (χ4v) is 4.29. The van der Waals surface area contributed by atoms with Gasteiger partial charge in [0.25, 0.3) is 10.0 Å². The predicted molar refractivity (Wildman–Crippen MR) is 77.8 cm³/mol. The van der Waals surface area contributed by atoms with Crippen molar-refractivity contribution in [3.8, 4) is 0 Å². The van der Waals surface area contributed by atoms with Crippen LogP contribution in [0.5, 0.6) is 0 Å². The minimum Gasteiger partial charge on any atom is -0.478 e. The number of aromatic nitrogens is 2. The lowest BCUT2D eigenvalue weighted by Gasteiger charge is -2.15. The third-order valence-electron chi connectivity index (χ3n) is 3.75. The Bertz CT molecular complexity index is 870. The number of nitrogens with zero attached hydrogens (tertiary/aromatic N) is 3. The summed E-state index contributed by atoms with van der Waals surface area (Å²) in [6.07, 6.45) is 0. The lowest BCUT2D eigenvalue weighted by molar-refractivity contribution is 0.0695. The van der Waals surface area contributed by atoms with Gasteiger partial charge < -0.3 is 5.11 Å². The molecule has 0 unspecified atom stereocenters. The highest BCUT2D eigenvalue weighted by Gasteiger charge is 2.34. The van der Waals surface area contributed by atoms with Crippen LogP contribution in [-0.2, 0) is 30.2 Å². The number of aryl methyl sites for hydroxylation is 2. The minimum atomic E-state index is -3.72. The molecule has 0 atom stereocenters. The second-order valence-corrected chi connectivity index (χ2v) is 7.15. The fourth-order valence-electron chi connectivity index (χ4n) is 2.72. The molecule has 0 saturated heterocycles. The third-order valence-corrected chi connectivity index (χ3v) is 5.60. The van der Waals surface area contributed by atoms with E-state index in [0.717, 1.165) is 5.56 Å². The molecule has 2 heterocycles. The summed E-state index contributed by atoms with van der Waals surface area (Å²) in [6.45, 7) is 1.95. The van der Waals surface area contributed by atoms with Crippen molar-refractivity contribution in [1.29, 1.82) is 0 Å². The van der Waals surface area contributed by atoms with Crippen LogP contribution in [0, 0.1) is 6.92 Å². The zero-order chi connectivity index (χ0) is 16.1. The Balaban J connectivity index is 2.01. The Morgan fingerprint density at radius 2 is 2.05 bits per heavy atom. The summed E-state index contributed by atoms with van der Waals surface area (Å²) < 4.78 is 28.1.